The SMILES string of the molecule is Cc1oc(-c2ccccc2)nc1CC(=O)NCCN1C(=O)S/C(=C/c2ccc(Cl)cc2)C1=O. The second-order valence-corrected chi connectivity index (χ2v) is 8.73. The topological polar surface area (TPSA) is 92.5 Å². The fourth-order valence-electron chi connectivity index (χ4n) is 3.22. The molecule has 2 aromatic carbocycles. The molecule has 0 atom stereocenters. The minimum atomic E-state index is -0.381. The number of oxazole rings is 1. The van der Waals surface area contributed by atoms with Gasteiger partial charge in [0.25, 0.3) is 11.1 Å². The van der Waals surface area contributed by atoms with E-state index in [-0.39, 0.29) is 36.6 Å². The molecule has 1 N–H and O–H groups in total. The largest absolute Gasteiger partial charge is 0.441 e. The summed E-state index contributed by atoms with van der Waals surface area (Å²) < 4.78 is 5.68. The molecule has 0 spiro atoms. The molecule has 2 heterocycles. The lowest BCUT2D eigenvalue weighted by molar-refractivity contribution is -0.124. The highest BCUT2D eigenvalue weighted by Gasteiger charge is 2.34. The van der Waals surface area contributed by atoms with Gasteiger partial charge in [-0.2, -0.15) is 0 Å². The van der Waals surface area contributed by atoms with E-state index in [0.29, 0.717) is 27.3 Å². The van der Waals surface area contributed by atoms with Crippen molar-refractivity contribution in [3.05, 3.63) is 81.5 Å². The van der Waals surface area contributed by atoms with E-state index in [4.69, 9.17) is 16.0 Å². The van der Waals surface area contributed by atoms with Crippen LogP contribution in [0.15, 0.2) is 63.9 Å². The Morgan fingerprint density at radius 3 is 2.61 bits per heavy atom. The van der Waals surface area contributed by atoms with Crippen LogP contribution in [0, 0.1) is 6.92 Å². The van der Waals surface area contributed by atoms with Gasteiger partial charge in [0.15, 0.2) is 0 Å². The van der Waals surface area contributed by atoms with Crippen LogP contribution in [-0.2, 0) is 16.0 Å². The van der Waals surface area contributed by atoms with E-state index in [9.17, 15) is 14.4 Å². The van der Waals surface area contributed by atoms with Crippen LogP contribution in [0.3, 0.4) is 0 Å². The van der Waals surface area contributed by atoms with Crippen molar-refractivity contribution in [3.63, 3.8) is 0 Å². The van der Waals surface area contributed by atoms with Gasteiger partial charge in [0, 0.05) is 23.7 Å². The molecule has 0 radical (unpaired) electrons. The second-order valence-electron chi connectivity index (χ2n) is 7.30. The maximum absolute atomic E-state index is 12.6. The number of nitrogens with one attached hydrogen (secondary N) is 1. The summed E-state index contributed by atoms with van der Waals surface area (Å²) in [6.07, 6.45) is 1.69. The summed E-state index contributed by atoms with van der Waals surface area (Å²) in [4.78, 5) is 43.1. The first-order valence-corrected chi connectivity index (χ1v) is 11.4. The van der Waals surface area contributed by atoms with E-state index in [0.717, 1.165) is 27.8 Å². The highest BCUT2D eigenvalue weighted by atomic mass is 35.5. The number of amides is 3. The van der Waals surface area contributed by atoms with Crippen molar-refractivity contribution in [2.75, 3.05) is 13.1 Å². The number of carbonyl (C=O) groups is 3. The maximum atomic E-state index is 12.6. The van der Waals surface area contributed by atoms with Gasteiger partial charge in [-0.3, -0.25) is 19.3 Å². The van der Waals surface area contributed by atoms with Crippen LogP contribution in [0.25, 0.3) is 17.5 Å². The number of benzene rings is 2. The van der Waals surface area contributed by atoms with Gasteiger partial charge in [0.2, 0.25) is 11.8 Å². The fraction of sp³-hybridized carbons (Fsp3) is 0.167. The first kappa shape index (κ1) is 22.8. The zero-order chi connectivity index (χ0) is 23.4. The molecule has 3 amide bonds. The number of hydrogen-bond donors (Lipinski definition) is 1. The van der Waals surface area contributed by atoms with Crippen LogP contribution >= 0.6 is 23.4 Å². The molecule has 0 aliphatic carbocycles. The van der Waals surface area contributed by atoms with Crippen LogP contribution in [0.2, 0.25) is 5.02 Å². The Morgan fingerprint density at radius 2 is 1.88 bits per heavy atom. The van der Waals surface area contributed by atoms with Crippen molar-refractivity contribution in [2.45, 2.75) is 13.3 Å². The van der Waals surface area contributed by atoms with Gasteiger partial charge < -0.3 is 9.73 Å². The fourth-order valence-corrected chi connectivity index (χ4v) is 4.21. The summed E-state index contributed by atoms with van der Waals surface area (Å²) >= 11 is 6.75. The molecule has 7 nitrogen and oxygen atoms in total. The molecule has 1 aromatic heterocycles. The van der Waals surface area contributed by atoms with Gasteiger partial charge in [0.1, 0.15) is 5.76 Å². The molecule has 3 aromatic rings. The van der Waals surface area contributed by atoms with Crippen molar-refractivity contribution in [2.24, 2.45) is 0 Å². The summed E-state index contributed by atoms with van der Waals surface area (Å²) in [5.74, 6) is 0.382. The van der Waals surface area contributed by atoms with Crippen LogP contribution in [0.4, 0.5) is 4.79 Å². The molecule has 1 aliphatic rings. The van der Waals surface area contributed by atoms with E-state index in [1.54, 1.807) is 37.3 Å². The van der Waals surface area contributed by atoms with Crippen LogP contribution in [0.1, 0.15) is 17.0 Å². The molecule has 33 heavy (non-hydrogen) atoms. The Balaban J connectivity index is 1.31. The minimum absolute atomic E-state index is 0.0422. The number of aromatic nitrogens is 1. The summed E-state index contributed by atoms with van der Waals surface area (Å²) in [6, 6.07) is 16.4. The summed E-state index contributed by atoms with van der Waals surface area (Å²) in [5.41, 5.74) is 2.15. The Labute approximate surface area is 199 Å². The smallest absolute Gasteiger partial charge is 0.293 e. The van der Waals surface area contributed by atoms with Gasteiger partial charge in [-0.25, -0.2) is 4.98 Å². The Hall–Kier alpha value is -3.36. The van der Waals surface area contributed by atoms with Crippen LogP contribution in [0.5, 0.6) is 0 Å². The van der Waals surface area contributed by atoms with Gasteiger partial charge in [-0.05, 0) is 54.6 Å². The third kappa shape index (κ3) is 5.53. The molecule has 168 valence electrons. The highest BCUT2D eigenvalue weighted by molar-refractivity contribution is 8.18. The molecule has 4 rings (SSSR count). The van der Waals surface area contributed by atoms with Crippen molar-refractivity contribution < 1.29 is 18.8 Å². The van der Waals surface area contributed by atoms with Crippen molar-refractivity contribution >= 4 is 46.5 Å². The normalized spacial score (nSPS) is 14.8. The Kier molecular flexibility index (Phi) is 6.96. The Morgan fingerprint density at radius 1 is 1.15 bits per heavy atom. The predicted molar refractivity (Wildman–Crippen MR) is 128 cm³/mol. The standard InChI is InChI=1S/C24H20ClN3O4S/c1-15-19(27-22(32-15)17-5-3-2-4-6-17)14-21(29)26-11-12-28-23(30)20(33-24(28)31)13-16-7-9-18(25)10-8-16/h2-10,13H,11-12,14H2,1H3,(H,26,29)/b20-13+. The van der Waals surface area contributed by atoms with Gasteiger partial charge in [0.05, 0.1) is 17.0 Å². The lowest BCUT2D eigenvalue weighted by Gasteiger charge is -2.12. The third-order valence-electron chi connectivity index (χ3n) is 4.94. The molecule has 9 heteroatoms. The first-order valence-electron chi connectivity index (χ1n) is 10.2. The first-order chi connectivity index (χ1) is 15.9. The minimum Gasteiger partial charge on any atom is -0.441 e. The number of imide groups is 1. The highest BCUT2D eigenvalue weighted by Crippen LogP contribution is 2.32. The summed E-state index contributed by atoms with van der Waals surface area (Å²) in [6.45, 7) is 1.99. The third-order valence-corrected chi connectivity index (χ3v) is 6.10. The van der Waals surface area contributed by atoms with E-state index in [2.05, 4.69) is 10.3 Å². The second kappa shape index (κ2) is 10.1. The van der Waals surface area contributed by atoms with Crippen LogP contribution in [-0.4, -0.2) is 40.0 Å². The lowest BCUT2D eigenvalue weighted by Crippen LogP contribution is -2.37. The van der Waals surface area contributed by atoms with Crippen molar-refractivity contribution in [1.29, 1.82) is 0 Å². The summed E-state index contributed by atoms with van der Waals surface area (Å²) in [7, 11) is 0. The van der Waals surface area contributed by atoms with Gasteiger partial charge >= 0.3 is 0 Å². The molecular formula is C24H20ClN3O4S. The zero-order valence-electron chi connectivity index (χ0n) is 17.7. The Bertz CT molecular complexity index is 1220. The number of hydrogen-bond acceptors (Lipinski definition) is 6. The lowest BCUT2D eigenvalue weighted by atomic mass is 10.2. The number of halogens is 1. The molecule has 0 bridgehead atoms. The van der Waals surface area contributed by atoms with Gasteiger partial charge in [-0.15, -0.1) is 0 Å². The average molecular weight is 482 g/mol. The van der Waals surface area contributed by atoms with E-state index in [1.807, 2.05) is 30.3 Å². The number of nitrogens with zero attached hydrogens (tertiary/aromatic N) is 2. The monoisotopic (exact) mass is 481 g/mol. The van der Waals surface area contributed by atoms with Gasteiger partial charge in [-0.1, -0.05) is 41.9 Å². The molecule has 0 saturated carbocycles. The number of thioether (sulfide) groups is 1. The van der Waals surface area contributed by atoms with E-state index < -0.39 is 0 Å². The molecule has 1 saturated heterocycles. The maximum Gasteiger partial charge on any atom is 0.293 e. The quantitative estimate of drug-likeness (QED) is 0.492. The molecular weight excluding hydrogens is 462 g/mol. The number of carbonyl (C=O) groups excluding carboxylic acids is 3. The zero-order valence-corrected chi connectivity index (χ0v) is 19.3. The molecule has 1 aliphatic heterocycles. The average Bonchev–Trinajstić information content (AvgIpc) is 3.30. The van der Waals surface area contributed by atoms with E-state index in [1.165, 1.54) is 0 Å². The predicted octanol–water partition coefficient (Wildman–Crippen LogP) is 4.70. The van der Waals surface area contributed by atoms with Crippen molar-refractivity contribution in [3.8, 4) is 11.5 Å². The molecule has 1 fully saturated rings. The number of rotatable bonds is 7. The van der Waals surface area contributed by atoms with Crippen LogP contribution < -0.4 is 5.32 Å². The van der Waals surface area contributed by atoms with Crippen molar-refractivity contribution in [1.82, 2.24) is 15.2 Å². The number of aryl methyl sites for hydroxylation is 1. The molecule has 0 unspecified atom stereocenters. The summed E-state index contributed by atoms with van der Waals surface area (Å²) in [5, 5.41) is 2.96. The van der Waals surface area contributed by atoms with E-state index >= 15 is 0 Å².